The number of nitrogens with two attached hydrogens (primary N) is 1. The highest BCUT2D eigenvalue weighted by molar-refractivity contribution is 7.11. The standard InChI is InChI=1S/C19H22N4OS/c1-13(2)23-19(24)17(18(25-23)15-6-4-3-5-7-15)22-11-9-14-8-10-21-16(20)12-14/h3-8,10,12-13,22H,9,11H2,1-2H3,(H2,20,21). The van der Waals surface area contributed by atoms with Crippen LogP contribution in [-0.2, 0) is 6.42 Å². The van der Waals surface area contributed by atoms with E-state index in [1.165, 1.54) is 11.5 Å². The van der Waals surface area contributed by atoms with E-state index in [2.05, 4.69) is 10.3 Å². The summed E-state index contributed by atoms with van der Waals surface area (Å²) in [4.78, 5) is 17.8. The number of nitrogens with zero attached hydrogens (tertiary/aromatic N) is 2. The molecule has 1 aromatic carbocycles. The highest BCUT2D eigenvalue weighted by Crippen LogP contribution is 2.31. The summed E-state index contributed by atoms with van der Waals surface area (Å²) >= 11 is 1.51. The molecule has 0 spiro atoms. The molecule has 3 rings (SSSR count). The number of hydrogen-bond donors (Lipinski definition) is 2. The zero-order chi connectivity index (χ0) is 17.8. The van der Waals surface area contributed by atoms with Crippen molar-refractivity contribution in [2.45, 2.75) is 26.3 Å². The first kappa shape index (κ1) is 17.2. The van der Waals surface area contributed by atoms with Crippen LogP contribution in [0.25, 0.3) is 10.4 Å². The molecule has 3 N–H and O–H groups in total. The third-order valence-corrected chi connectivity index (χ3v) is 5.30. The van der Waals surface area contributed by atoms with E-state index in [4.69, 9.17) is 5.73 Å². The fraction of sp³-hybridized carbons (Fsp3) is 0.263. The average Bonchev–Trinajstić information content (AvgIpc) is 2.93. The predicted molar refractivity (Wildman–Crippen MR) is 105 cm³/mol. The van der Waals surface area contributed by atoms with Gasteiger partial charge in [0.05, 0.1) is 4.88 Å². The third-order valence-electron chi connectivity index (χ3n) is 3.90. The van der Waals surface area contributed by atoms with Crippen LogP contribution < -0.4 is 16.6 Å². The Morgan fingerprint density at radius 3 is 2.68 bits per heavy atom. The first-order valence-corrected chi connectivity index (χ1v) is 9.09. The van der Waals surface area contributed by atoms with Gasteiger partial charge in [-0.1, -0.05) is 41.9 Å². The number of aromatic nitrogens is 2. The molecule has 2 aromatic heterocycles. The Morgan fingerprint density at radius 2 is 2.00 bits per heavy atom. The summed E-state index contributed by atoms with van der Waals surface area (Å²) in [6.07, 6.45) is 2.48. The maximum Gasteiger partial charge on any atom is 0.284 e. The smallest absolute Gasteiger partial charge is 0.284 e. The van der Waals surface area contributed by atoms with Gasteiger partial charge in [-0.2, -0.15) is 0 Å². The van der Waals surface area contributed by atoms with E-state index in [-0.39, 0.29) is 11.6 Å². The Kier molecular flexibility index (Phi) is 5.19. The fourth-order valence-corrected chi connectivity index (χ4v) is 3.73. The van der Waals surface area contributed by atoms with Crippen LogP contribution in [0.2, 0.25) is 0 Å². The zero-order valence-electron chi connectivity index (χ0n) is 14.4. The molecule has 0 amide bonds. The summed E-state index contributed by atoms with van der Waals surface area (Å²) in [7, 11) is 0. The monoisotopic (exact) mass is 354 g/mol. The number of nitrogens with one attached hydrogen (secondary N) is 1. The molecule has 130 valence electrons. The second-order valence-corrected chi connectivity index (χ2v) is 7.14. The molecule has 0 radical (unpaired) electrons. The van der Waals surface area contributed by atoms with Crippen LogP contribution in [0, 0.1) is 0 Å². The van der Waals surface area contributed by atoms with Crippen molar-refractivity contribution in [3.05, 3.63) is 64.6 Å². The van der Waals surface area contributed by atoms with Crippen molar-refractivity contribution >= 4 is 23.0 Å². The number of hydrogen-bond acceptors (Lipinski definition) is 5. The summed E-state index contributed by atoms with van der Waals surface area (Å²) in [6, 6.07) is 14.0. The van der Waals surface area contributed by atoms with Gasteiger partial charge >= 0.3 is 0 Å². The molecule has 0 atom stereocenters. The second kappa shape index (κ2) is 7.53. The minimum absolute atomic E-state index is 0.0353. The molecule has 3 aromatic rings. The van der Waals surface area contributed by atoms with E-state index in [0.717, 1.165) is 22.4 Å². The topological polar surface area (TPSA) is 72.9 Å². The van der Waals surface area contributed by atoms with E-state index < -0.39 is 0 Å². The van der Waals surface area contributed by atoms with Crippen LogP contribution >= 0.6 is 11.5 Å². The van der Waals surface area contributed by atoms with Crippen LogP contribution in [0.3, 0.4) is 0 Å². The summed E-state index contributed by atoms with van der Waals surface area (Å²) in [6.45, 7) is 4.71. The van der Waals surface area contributed by atoms with E-state index in [9.17, 15) is 4.79 Å². The van der Waals surface area contributed by atoms with Gasteiger partial charge in [0.1, 0.15) is 11.5 Å². The second-order valence-electron chi connectivity index (χ2n) is 6.15. The summed E-state index contributed by atoms with van der Waals surface area (Å²) in [5.74, 6) is 0.514. The number of nitrogen functional groups attached to an aromatic ring is 1. The Morgan fingerprint density at radius 1 is 1.24 bits per heavy atom. The Labute approximate surface area is 151 Å². The van der Waals surface area contributed by atoms with Gasteiger partial charge in [0.25, 0.3) is 5.56 Å². The first-order valence-electron chi connectivity index (χ1n) is 8.31. The van der Waals surface area contributed by atoms with Gasteiger partial charge < -0.3 is 11.1 Å². The van der Waals surface area contributed by atoms with Crippen molar-refractivity contribution in [1.82, 2.24) is 8.94 Å². The Balaban J connectivity index is 1.85. The van der Waals surface area contributed by atoms with Crippen molar-refractivity contribution in [1.29, 1.82) is 0 Å². The number of pyridine rings is 1. The first-order chi connectivity index (χ1) is 12.1. The summed E-state index contributed by atoms with van der Waals surface area (Å²) in [5.41, 5.74) is 8.58. The minimum atomic E-state index is 0.0353. The van der Waals surface area contributed by atoms with Gasteiger partial charge in [0.15, 0.2) is 0 Å². The van der Waals surface area contributed by atoms with Gasteiger partial charge in [0, 0.05) is 18.8 Å². The lowest BCUT2D eigenvalue weighted by Gasteiger charge is -2.07. The van der Waals surface area contributed by atoms with Crippen LogP contribution in [0.15, 0.2) is 53.5 Å². The molecule has 0 aliphatic heterocycles. The van der Waals surface area contributed by atoms with Gasteiger partial charge in [-0.25, -0.2) is 4.98 Å². The largest absolute Gasteiger partial charge is 0.384 e. The van der Waals surface area contributed by atoms with E-state index in [1.807, 2.05) is 60.3 Å². The number of anilines is 2. The van der Waals surface area contributed by atoms with Gasteiger partial charge in [-0.3, -0.25) is 8.75 Å². The highest BCUT2D eigenvalue weighted by Gasteiger charge is 2.17. The van der Waals surface area contributed by atoms with Crippen molar-refractivity contribution in [2.24, 2.45) is 0 Å². The lowest BCUT2D eigenvalue weighted by Crippen LogP contribution is -2.19. The summed E-state index contributed by atoms with van der Waals surface area (Å²) < 4.78 is 1.81. The quantitative estimate of drug-likeness (QED) is 0.706. The molecular weight excluding hydrogens is 332 g/mol. The maximum atomic E-state index is 12.8. The number of benzene rings is 1. The van der Waals surface area contributed by atoms with Crippen molar-refractivity contribution in [3.63, 3.8) is 0 Å². The molecule has 0 unspecified atom stereocenters. The van der Waals surface area contributed by atoms with Crippen LogP contribution in [0.1, 0.15) is 25.5 Å². The molecule has 5 nitrogen and oxygen atoms in total. The van der Waals surface area contributed by atoms with E-state index in [1.54, 1.807) is 6.20 Å². The Hall–Kier alpha value is -2.60. The molecular formula is C19H22N4OS. The predicted octanol–water partition coefficient (Wildman–Crippen LogP) is 3.79. The van der Waals surface area contributed by atoms with Gasteiger partial charge in [0.2, 0.25) is 0 Å². The molecule has 0 bridgehead atoms. The maximum absolute atomic E-state index is 12.8. The average molecular weight is 354 g/mol. The molecule has 0 saturated heterocycles. The third kappa shape index (κ3) is 3.91. The Bertz CT molecular complexity index is 899. The molecule has 2 heterocycles. The van der Waals surface area contributed by atoms with E-state index >= 15 is 0 Å². The van der Waals surface area contributed by atoms with Crippen molar-refractivity contribution in [2.75, 3.05) is 17.6 Å². The lowest BCUT2D eigenvalue weighted by atomic mass is 10.1. The number of rotatable bonds is 6. The van der Waals surface area contributed by atoms with Crippen LogP contribution in [-0.4, -0.2) is 15.5 Å². The van der Waals surface area contributed by atoms with Crippen molar-refractivity contribution < 1.29 is 0 Å². The zero-order valence-corrected chi connectivity index (χ0v) is 15.2. The van der Waals surface area contributed by atoms with Gasteiger partial charge in [-0.05, 0) is 43.5 Å². The molecule has 6 heteroatoms. The molecule has 0 fully saturated rings. The SMILES string of the molecule is CC(C)n1sc(-c2ccccc2)c(NCCc2ccnc(N)c2)c1=O. The normalized spacial score (nSPS) is 11.0. The summed E-state index contributed by atoms with van der Waals surface area (Å²) in [5, 5.41) is 3.34. The minimum Gasteiger partial charge on any atom is -0.384 e. The van der Waals surface area contributed by atoms with E-state index in [0.29, 0.717) is 18.1 Å². The highest BCUT2D eigenvalue weighted by atomic mass is 32.1. The fourth-order valence-electron chi connectivity index (χ4n) is 2.66. The molecule has 0 aliphatic rings. The molecule has 0 saturated carbocycles. The van der Waals surface area contributed by atoms with Crippen molar-refractivity contribution in [3.8, 4) is 10.4 Å². The molecule has 0 aliphatic carbocycles. The lowest BCUT2D eigenvalue weighted by molar-refractivity contribution is 0.634. The van der Waals surface area contributed by atoms with Crippen LogP contribution in [0.5, 0.6) is 0 Å². The van der Waals surface area contributed by atoms with Crippen LogP contribution in [0.4, 0.5) is 11.5 Å². The molecule has 25 heavy (non-hydrogen) atoms. The van der Waals surface area contributed by atoms with Gasteiger partial charge in [-0.15, -0.1) is 0 Å².